The van der Waals surface area contributed by atoms with Crippen molar-refractivity contribution in [2.75, 3.05) is 7.11 Å². The maximum Gasteiger partial charge on any atom is 0.254 e. The number of aromatic nitrogens is 1. The molecular weight excluding hydrogens is 406 g/mol. The van der Waals surface area contributed by atoms with Gasteiger partial charge in [-0.05, 0) is 34.9 Å². The van der Waals surface area contributed by atoms with Crippen molar-refractivity contribution in [3.8, 4) is 11.1 Å². The Hall–Kier alpha value is -3.85. The average molecular weight is 426 g/mol. The summed E-state index contributed by atoms with van der Waals surface area (Å²) in [4.78, 5) is 26.4. The minimum atomic E-state index is -1.51. The molecule has 0 saturated carbocycles. The molecule has 5 N–H and O–H groups in total. The van der Waals surface area contributed by atoms with E-state index in [0.29, 0.717) is 16.7 Å². The first kappa shape index (κ1) is 21.8. The van der Waals surface area contributed by atoms with E-state index in [1.807, 2.05) is 0 Å². The van der Waals surface area contributed by atoms with Gasteiger partial charge in [0.05, 0.1) is 5.56 Å². The Kier molecular flexibility index (Phi) is 6.56. The largest absolute Gasteiger partial charge is 0.384 e. The van der Waals surface area contributed by atoms with Crippen molar-refractivity contribution in [3.05, 3.63) is 93.4 Å². The average Bonchev–Trinajstić information content (AvgIpc) is 2.74. The fourth-order valence-corrected chi connectivity index (χ4v) is 3.07. The van der Waals surface area contributed by atoms with Gasteiger partial charge in [-0.3, -0.25) is 15.0 Å². The Morgan fingerprint density at radius 2 is 1.77 bits per heavy atom. The van der Waals surface area contributed by atoms with Gasteiger partial charge >= 0.3 is 0 Å². The van der Waals surface area contributed by atoms with Crippen LogP contribution in [-0.4, -0.2) is 23.8 Å². The monoisotopic (exact) mass is 426 g/mol. The Morgan fingerprint density at radius 3 is 2.32 bits per heavy atom. The number of rotatable bonds is 7. The van der Waals surface area contributed by atoms with E-state index in [0.717, 1.165) is 12.1 Å². The van der Waals surface area contributed by atoms with Crippen LogP contribution in [0.15, 0.2) is 59.5 Å². The zero-order valence-corrected chi connectivity index (χ0v) is 16.5. The summed E-state index contributed by atoms with van der Waals surface area (Å²) in [5.41, 5.74) is 6.20. The van der Waals surface area contributed by atoms with E-state index in [-0.39, 0.29) is 17.9 Å². The molecule has 0 aliphatic carbocycles. The van der Waals surface area contributed by atoms with Crippen molar-refractivity contribution in [1.82, 2.24) is 10.3 Å². The first-order valence-electron chi connectivity index (χ1n) is 9.22. The number of benzene rings is 2. The van der Waals surface area contributed by atoms with Crippen LogP contribution in [0.4, 0.5) is 8.78 Å². The molecule has 7 nitrogen and oxygen atoms in total. The number of carbonyl (C=O) groups is 1. The number of ether oxygens (including phenoxy) is 1. The van der Waals surface area contributed by atoms with Gasteiger partial charge in [0.2, 0.25) is 5.56 Å². The number of nitrogens with one attached hydrogen (secondary N) is 3. The summed E-state index contributed by atoms with van der Waals surface area (Å²) >= 11 is 0. The zero-order chi connectivity index (χ0) is 22.5. The number of H-pyrrole nitrogens is 1. The second kappa shape index (κ2) is 9.31. The topological polar surface area (TPSA) is 121 Å². The Morgan fingerprint density at radius 1 is 1.13 bits per heavy atom. The van der Waals surface area contributed by atoms with E-state index in [9.17, 15) is 18.4 Å². The lowest BCUT2D eigenvalue weighted by atomic mass is 10.0. The number of halogens is 2. The molecule has 0 fully saturated rings. The van der Waals surface area contributed by atoms with Gasteiger partial charge in [-0.25, -0.2) is 8.78 Å². The summed E-state index contributed by atoms with van der Waals surface area (Å²) in [5.74, 6) is -2.74. The van der Waals surface area contributed by atoms with E-state index >= 15 is 0 Å². The number of nitrogens with two attached hydrogens (primary N) is 1. The molecule has 1 atom stereocenters. The lowest BCUT2D eigenvalue weighted by Crippen LogP contribution is -2.31. The molecule has 3 rings (SSSR count). The van der Waals surface area contributed by atoms with Gasteiger partial charge in [0.15, 0.2) is 6.10 Å². The molecular formula is C22H20F2N4O3. The van der Waals surface area contributed by atoms with Crippen molar-refractivity contribution >= 4 is 11.7 Å². The van der Waals surface area contributed by atoms with Gasteiger partial charge in [0, 0.05) is 31.5 Å². The number of amides is 1. The molecule has 2 aromatic carbocycles. The lowest BCUT2D eigenvalue weighted by Gasteiger charge is -2.18. The highest BCUT2D eigenvalue weighted by Gasteiger charge is 2.27. The van der Waals surface area contributed by atoms with Crippen molar-refractivity contribution in [1.29, 1.82) is 5.41 Å². The Balaban J connectivity index is 1.80. The maximum absolute atomic E-state index is 14.8. The molecule has 0 aliphatic rings. The third kappa shape index (κ3) is 5.01. The lowest BCUT2D eigenvalue weighted by molar-refractivity contribution is -0.131. The first-order valence-corrected chi connectivity index (χ1v) is 9.22. The van der Waals surface area contributed by atoms with Gasteiger partial charge in [-0.2, -0.15) is 0 Å². The minimum Gasteiger partial charge on any atom is -0.384 e. The first-order chi connectivity index (χ1) is 14.8. The molecule has 0 spiro atoms. The fourth-order valence-electron chi connectivity index (χ4n) is 3.07. The van der Waals surface area contributed by atoms with Gasteiger partial charge < -0.3 is 20.8 Å². The molecule has 0 bridgehead atoms. The Bertz CT molecular complexity index is 1150. The maximum atomic E-state index is 14.8. The zero-order valence-electron chi connectivity index (χ0n) is 16.5. The molecule has 1 unspecified atom stereocenters. The van der Waals surface area contributed by atoms with Crippen molar-refractivity contribution < 1.29 is 18.3 Å². The molecule has 1 aromatic heterocycles. The molecule has 9 heteroatoms. The van der Waals surface area contributed by atoms with Crippen molar-refractivity contribution in [2.45, 2.75) is 12.6 Å². The van der Waals surface area contributed by atoms with Crippen LogP contribution < -0.4 is 16.6 Å². The number of aromatic amines is 1. The second-order valence-corrected chi connectivity index (χ2v) is 6.74. The van der Waals surface area contributed by atoms with Crippen LogP contribution in [0.1, 0.15) is 22.8 Å². The summed E-state index contributed by atoms with van der Waals surface area (Å²) < 4.78 is 34.6. The van der Waals surface area contributed by atoms with E-state index in [4.69, 9.17) is 15.9 Å². The van der Waals surface area contributed by atoms with Crippen molar-refractivity contribution in [2.24, 2.45) is 5.73 Å². The third-order valence-electron chi connectivity index (χ3n) is 4.66. The van der Waals surface area contributed by atoms with Crippen LogP contribution in [0.2, 0.25) is 0 Å². The molecule has 3 aromatic rings. The molecule has 0 radical (unpaired) electrons. The smallest absolute Gasteiger partial charge is 0.254 e. The summed E-state index contributed by atoms with van der Waals surface area (Å²) in [6.45, 7) is 0.0883. The number of amidine groups is 1. The van der Waals surface area contributed by atoms with E-state index < -0.39 is 34.8 Å². The highest BCUT2D eigenvalue weighted by atomic mass is 19.1. The normalized spacial score (nSPS) is 11.7. The SMILES string of the molecule is COC(C(=O)NCc1ccc(C(=N)N)cc1)c1c(F)cc(-c2cc[nH]c(=O)c2)cc1F. The number of hydrogen-bond donors (Lipinski definition) is 4. The summed E-state index contributed by atoms with van der Waals surface area (Å²) in [6, 6.07) is 11.4. The highest BCUT2D eigenvalue weighted by Crippen LogP contribution is 2.29. The molecule has 1 amide bonds. The van der Waals surface area contributed by atoms with Gasteiger partial charge in [0.25, 0.3) is 5.91 Å². The van der Waals surface area contributed by atoms with Crippen LogP contribution in [0.25, 0.3) is 11.1 Å². The molecule has 1 heterocycles. The molecule has 0 saturated heterocycles. The number of pyridine rings is 1. The van der Waals surface area contributed by atoms with Crippen molar-refractivity contribution in [3.63, 3.8) is 0 Å². The van der Waals surface area contributed by atoms with Crippen LogP contribution in [0.5, 0.6) is 0 Å². The molecule has 160 valence electrons. The van der Waals surface area contributed by atoms with Gasteiger partial charge in [-0.15, -0.1) is 0 Å². The minimum absolute atomic E-state index is 0.0791. The van der Waals surface area contributed by atoms with Crippen LogP contribution in [0, 0.1) is 17.0 Å². The van der Waals surface area contributed by atoms with E-state index in [2.05, 4.69) is 10.3 Å². The predicted molar refractivity (Wildman–Crippen MR) is 111 cm³/mol. The summed E-state index contributed by atoms with van der Waals surface area (Å²) in [5, 5.41) is 9.95. The summed E-state index contributed by atoms with van der Waals surface area (Å²) in [7, 11) is 1.18. The number of methoxy groups -OCH3 is 1. The molecule has 31 heavy (non-hydrogen) atoms. The highest BCUT2D eigenvalue weighted by molar-refractivity contribution is 5.94. The quantitative estimate of drug-likeness (QED) is 0.343. The summed E-state index contributed by atoms with van der Waals surface area (Å²) in [6.07, 6.45) is -0.139. The van der Waals surface area contributed by atoms with Crippen LogP contribution in [-0.2, 0) is 16.1 Å². The van der Waals surface area contributed by atoms with Gasteiger partial charge in [0.1, 0.15) is 17.5 Å². The second-order valence-electron chi connectivity index (χ2n) is 6.74. The number of hydrogen-bond acceptors (Lipinski definition) is 4. The molecule has 0 aliphatic heterocycles. The van der Waals surface area contributed by atoms with Gasteiger partial charge in [-0.1, -0.05) is 24.3 Å². The standard InChI is InChI=1S/C22H20F2N4O3/c1-31-20(22(30)28-11-12-2-4-13(5-3-12)21(25)26)19-16(23)8-15(9-17(19)24)14-6-7-27-18(29)10-14/h2-10,20H,11H2,1H3,(H3,25,26)(H,27,29)(H,28,30). The van der Waals surface area contributed by atoms with E-state index in [1.54, 1.807) is 24.3 Å². The van der Waals surface area contributed by atoms with E-state index in [1.165, 1.54) is 25.4 Å². The van der Waals surface area contributed by atoms with Crippen LogP contribution >= 0.6 is 0 Å². The van der Waals surface area contributed by atoms with Crippen LogP contribution in [0.3, 0.4) is 0 Å². The fraction of sp³-hybridized carbons (Fsp3) is 0.136. The predicted octanol–water partition coefficient (Wildman–Crippen LogP) is 2.61. The Labute approximate surface area is 176 Å². The number of carbonyl (C=O) groups excluding carboxylic acids is 1. The third-order valence-corrected chi connectivity index (χ3v) is 4.66. The number of nitrogen functional groups attached to an aromatic ring is 1.